The van der Waals surface area contributed by atoms with Crippen molar-refractivity contribution in [2.75, 3.05) is 7.11 Å². The van der Waals surface area contributed by atoms with Gasteiger partial charge in [0.05, 0.1) is 7.11 Å². The van der Waals surface area contributed by atoms with Crippen LogP contribution in [0.25, 0.3) is 11.1 Å². The number of ether oxygens (including phenoxy) is 1. The molecule has 104 valence electrons. The monoisotopic (exact) mass is 288 g/mol. The van der Waals surface area contributed by atoms with Gasteiger partial charge in [-0.25, -0.2) is 0 Å². The summed E-state index contributed by atoms with van der Waals surface area (Å²) in [5.41, 5.74) is 3.35. The molecule has 0 aliphatic carbocycles. The number of benzene rings is 2. The number of rotatable bonds is 5. The Hall–Kier alpha value is -1.80. The van der Waals surface area contributed by atoms with Crippen LogP contribution in [0.5, 0.6) is 0 Å². The molecule has 2 rings (SSSR count). The Bertz CT molecular complexity index is 576. The summed E-state index contributed by atoms with van der Waals surface area (Å²) in [6, 6.07) is 16.1. The molecule has 0 saturated heterocycles. The Morgan fingerprint density at radius 1 is 1.10 bits per heavy atom. The van der Waals surface area contributed by atoms with E-state index in [9.17, 15) is 4.79 Å². The van der Waals surface area contributed by atoms with Crippen LogP contribution in [0.1, 0.15) is 18.4 Å². The van der Waals surface area contributed by atoms with E-state index in [-0.39, 0.29) is 5.97 Å². The first-order valence-corrected chi connectivity index (χ1v) is 6.99. The molecule has 20 heavy (non-hydrogen) atoms. The average molecular weight is 289 g/mol. The summed E-state index contributed by atoms with van der Waals surface area (Å²) in [6.07, 6.45) is 2.14. The highest BCUT2D eigenvalue weighted by molar-refractivity contribution is 6.33. The second-order valence-corrected chi connectivity index (χ2v) is 5.01. The largest absolute Gasteiger partial charge is 0.469 e. The molecule has 0 bridgehead atoms. The summed E-state index contributed by atoms with van der Waals surface area (Å²) >= 11 is 6.18. The van der Waals surface area contributed by atoms with Gasteiger partial charge in [-0.05, 0) is 30.0 Å². The lowest BCUT2D eigenvalue weighted by Crippen LogP contribution is -2.00. The van der Waals surface area contributed by atoms with E-state index in [0.29, 0.717) is 6.42 Å². The molecule has 0 fully saturated rings. The molecule has 0 aliphatic rings. The quantitative estimate of drug-likeness (QED) is 0.757. The number of hydrogen-bond donors (Lipinski definition) is 0. The smallest absolute Gasteiger partial charge is 0.305 e. The number of methoxy groups -OCH3 is 1. The minimum absolute atomic E-state index is 0.155. The second kappa shape index (κ2) is 7.11. The number of aryl methyl sites for hydroxylation is 1. The van der Waals surface area contributed by atoms with E-state index in [4.69, 9.17) is 11.6 Å². The Balaban J connectivity index is 2.00. The van der Waals surface area contributed by atoms with Gasteiger partial charge in [0.15, 0.2) is 0 Å². The van der Waals surface area contributed by atoms with Crippen molar-refractivity contribution < 1.29 is 9.53 Å². The summed E-state index contributed by atoms with van der Waals surface area (Å²) < 4.78 is 4.62. The molecule has 0 unspecified atom stereocenters. The number of hydrogen-bond acceptors (Lipinski definition) is 2. The maximum Gasteiger partial charge on any atom is 0.305 e. The van der Waals surface area contributed by atoms with E-state index in [0.717, 1.165) is 29.0 Å². The highest BCUT2D eigenvalue weighted by Crippen LogP contribution is 2.27. The van der Waals surface area contributed by atoms with Crippen molar-refractivity contribution in [3.63, 3.8) is 0 Å². The Morgan fingerprint density at radius 3 is 2.45 bits per heavy atom. The Labute approximate surface area is 124 Å². The first kappa shape index (κ1) is 14.6. The maximum absolute atomic E-state index is 11.0. The molecule has 0 N–H and O–H groups in total. The molecule has 2 aromatic rings. The first-order valence-electron chi connectivity index (χ1n) is 6.61. The summed E-state index contributed by atoms with van der Waals surface area (Å²) in [7, 11) is 1.42. The summed E-state index contributed by atoms with van der Waals surface area (Å²) in [4.78, 5) is 11.0. The van der Waals surface area contributed by atoms with Gasteiger partial charge in [0, 0.05) is 17.0 Å². The molecular formula is C17H17ClO2. The fourth-order valence-electron chi connectivity index (χ4n) is 2.09. The van der Waals surface area contributed by atoms with Crippen LogP contribution in [0, 0.1) is 0 Å². The molecule has 2 aromatic carbocycles. The molecule has 0 spiro atoms. The summed E-state index contributed by atoms with van der Waals surface area (Å²) in [5, 5.41) is 0.756. The van der Waals surface area contributed by atoms with Gasteiger partial charge in [-0.3, -0.25) is 4.79 Å². The van der Waals surface area contributed by atoms with E-state index < -0.39 is 0 Å². The van der Waals surface area contributed by atoms with Crippen molar-refractivity contribution in [2.24, 2.45) is 0 Å². The topological polar surface area (TPSA) is 26.3 Å². The molecule has 0 amide bonds. The second-order valence-electron chi connectivity index (χ2n) is 4.61. The maximum atomic E-state index is 11.0. The normalized spacial score (nSPS) is 10.3. The fraction of sp³-hybridized carbons (Fsp3) is 0.235. The third kappa shape index (κ3) is 3.84. The predicted molar refractivity (Wildman–Crippen MR) is 81.8 cm³/mol. The SMILES string of the molecule is COC(=O)CCCc1ccc(-c2ccccc2Cl)cc1. The van der Waals surface area contributed by atoms with Gasteiger partial charge in [-0.2, -0.15) is 0 Å². The summed E-state index contributed by atoms with van der Waals surface area (Å²) in [6.45, 7) is 0. The van der Waals surface area contributed by atoms with Crippen molar-refractivity contribution in [3.8, 4) is 11.1 Å². The molecule has 0 aromatic heterocycles. The zero-order valence-electron chi connectivity index (χ0n) is 11.4. The number of carbonyl (C=O) groups is 1. The molecule has 0 saturated carbocycles. The van der Waals surface area contributed by atoms with Gasteiger partial charge < -0.3 is 4.74 Å². The van der Waals surface area contributed by atoms with Crippen LogP contribution in [0.3, 0.4) is 0 Å². The minimum atomic E-state index is -0.155. The van der Waals surface area contributed by atoms with Crippen LogP contribution in [0.4, 0.5) is 0 Å². The van der Waals surface area contributed by atoms with Crippen molar-refractivity contribution in [2.45, 2.75) is 19.3 Å². The number of halogens is 1. The Morgan fingerprint density at radius 2 is 1.80 bits per heavy atom. The molecule has 0 radical (unpaired) electrons. The summed E-state index contributed by atoms with van der Waals surface area (Å²) in [5.74, 6) is -0.155. The van der Waals surface area contributed by atoms with Crippen LogP contribution in [-0.2, 0) is 16.0 Å². The average Bonchev–Trinajstić information content (AvgIpc) is 2.48. The van der Waals surface area contributed by atoms with Crippen molar-refractivity contribution >= 4 is 17.6 Å². The lowest BCUT2D eigenvalue weighted by molar-refractivity contribution is -0.140. The van der Waals surface area contributed by atoms with E-state index in [1.807, 2.05) is 24.3 Å². The Kier molecular flexibility index (Phi) is 5.19. The van der Waals surface area contributed by atoms with Gasteiger partial charge in [-0.15, -0.1) is 0 Å². The molecule has 3 heteroatoms. The van der Waals surface area contributed by atoms with Crippen LogP contribution < -0.4 is 0 Å². The van der Waals surface area contributed by atoms with Gasteiger partial charge in [0.2, 0.25) is 0 Å². The number of carbonyl (C=O) groups excluding carboxylic acids is 1. The predicted octanol–water partition coefficient (Wildman–Crippen LogP) is 4.50. The van der Waals surface area contributed by atoms with Gasteiger partial charge in [0.25, 0.3) is 0 Å². The van der Waals surface area contributed by atoms with Crippen LogP contribution >= 0.6 is 11.6 Å². The van der Waals surface area contributed by atoms with E-state index in [1.165, 1.54) is 12.7 Å². The van der Waals surface area contributed by atoms with Crippen LogP contribution in [0.2, 0.25) is 5.02 Å². The molecule has 0 atom stereocenters. The third-order valence-corrected chi connectivity index (χ3v) is 3.54. The van der Waals surface area contributed by atoms with Gasteiger partial charge in [0.1, 0.15) is 0 Å². The van der Waals surface area contributed by atoms with Crippen molar-refractivity contribution in [3.05, 3.63) is 59.1 Å². The molecule has 0 heterocycles. The van der Waals surface area contributed by atoms with E-state index in [2.05, 4.69) is 29.0 Å². The molecule has 2 nitrogen and oxygen atoms in total. The van der Waals surface area contributed by atoms with Crippen LogP contribution in [-0.4, -0.2) is 13.1 Å². The lowest BCUT2D eigenvalue weighted by atomic mass is 10.0. The van der Waals surface area contributed by atoms with Crippen molar-refractivity contribution in [1.82, 2.24) is 0 Å². The lowest BCUT2D eigenvalue weighted by Gasteiger charge is -2.06. The van der Waals surface area contributed by atoms with Gasteiger partial charge >= 0.3 is 5.97 Å². The number of esters is 1. The standard InChI is InChI=1S/C17H17ClO2/c1-20-17(19)8-4-5-13-9-11-14(12-10-13)15-6-2-3-7-16(15)18/h2-3,6-7,9-12H,4-5,8H2,1H3. The molecular weight excluding hydrogens is 272 g/mol. The van der Waals surface area contributed by atoms with Gasteiger partial charge in [-0.1, -0.05) is 54.1 Å². The molecule has 0 aliphatic heterocycles. The first-order chi connectivity index (χ1) is 9.70. The third-order valence-electron chi connectivity index (χ3n) is 3.21. The highest BCUT2D eigenvalue weighted by Gasteiger charge is 2.03. The zero-order valence-corrected chi connectivity index (χ0v) is 12.2. The van der Waals surface area contributed by atoms with Crippen molar-refractivity contribution in [1.29, 1.82) is 0 Å². The van der Waals surface area contributed by atoms with E-state index >= 15 is 0 Å². The van der Waals surface area contributed by atoms with E-state index in [1.54, 1.807) is 0 Å². The fourth-order valence-corrected chi connectivity index (χ4v) is 2.33. The minimum Gasteiger partial charge on any atom is -0.469 e. The zero-order chi connectivity index (χ0) is 14.4. The van der Waals surface area contributed by atoms with Crippen LogP contribution in [0.15, 0.2) is 48.5 Å². The highest BCUT2D eigenvalue weighted by atomic mass is 35.5.